The van der Waals surface area contributed by atoms with Gasteiger partial charge < -0.3 is 5.11 Å². The fraction of sp³-hybridized carbons (Fsp3) is 0.667. The number of aliphatic carboxylic acids is 1. The lowest BCUT2D eigenvalue weighted by atomic mass is 9.96. The Hall–Kier alpha value is -1.41. The van der Waals surface area contributed by atoms with Crippen LogP contribution < -0.4 is 0 Å². The molecule has 1 aliphatic heterocycles. The topological polar surface area (TPSA) is 92.5 Å². The summed E-state index contributed by atoms with van der Waals surface area (Å²) in [5.41, 5.74) is 0.567. The standard InChI is InChI=1S/C12H19N3O4S/c1-8-6-13-14(3)11(8)20(18,19)15-7-10(12(16)17)5-4-9(15)2/h6,9-10H,4-5,7H2,1-3H3,(H,16,17). The molecule has 1 aromatic heterocycles. The van der Waals surface area contributed by atoms with Crippen LogP contribution in [0.4, 0.5) is 0 Å². The molecule has 1 aliphatic rings. The highest BCUT2D eigenvalue weighted by atomic mass is 32.2. The Labute approximate surface area is 118 Å². The van der Waals surface area contributed by atoms with E-state index in [0.717, 1.165) is 0 Å². The molecule has 0 radical (unpaired) electrons. The van der Waals surface area contributed by atoms with E-state index in [2.05, 4.69) is 5.10 Å². The van der Waals surface area contributed by atoms with Crippen molar-refractivity contribution in [2.24, 2.45) is 13.0 Å². The number of aromatic nitrogens is 2. The number of carboxylic acids is 1. The molecule has 0 saturated carbocycles. The Morgan fingerprint density at radius 2 is 2.10 bits per heavy atom. The Bertz CT molecular complexity index is 603. The van der Waals surface area contributed by atoms with Crippen molar-refractivity contribution in [2.75, 3.05) is 6.54 Å². The molecule has 0 bridgehead atoms. The number of carboxylic acid groups (broad SMARTS) is 1. The lowest BCUT2D eigenvalue weighted by Gasteiger charge is -2.35. The minimum absolute atomic E-state index is 0.0173. The van der Waals surface area contributed by atoms with Gasteiger partial charge in [-0.15, -0.1) is 0 Å². The van der Waals surface area contributed by atoms with Gasteiger partial charge in [0.05, 0.1) is 12.1 Å². The van der Waals surface area contributed by atoms with Crippen LogP contribution in [-0.4, -0.2) is 46.2 Å². The molecule has 0 aliphatic carbocycles. The van der Waals surface area contributed by atoms with Crippen LogP contribution in [0.1, 0.15) is 25.3 Å². The molecule has 0 amide bonds. The van der Waals surface area contributed by atoms with E-state index >= 15 is 0 Å². The first-order chi connectivity index (χ1) is 9.25. The summed E-state index contributed by atoms with van der Waals surface area (Å²) >= 11 is 0. The average Bonchev–Trinajstić information content (AvgIpc) is 2.69. The van der Waals surface area contributed by atoms with Gasteiger partial charge in [0.1, 0.15) is 0 Å². The third-order valence-electron chi connectivity index (χ3n) is 3.78. The summed E-state index contributed by atoms with van der Waals surface area (Å²) in [4.78, 5) is 11.1. The van der Waals surface area contributed by atoms with Crippen LogP contribution in [0.15, 0.2) is 11.2 Å². The van der Waals surface area contributed by atoms with E-state index in [9.17, 15) is 13.2 Å². The molecule has 1 aromatic rings. The lowest BCUT2D eigenvalue weighted by molar-refractivity contribution is -0.143. The second kappa shape index (κ2) is 5.17. The van der Waals surface area contributed by atoms with Gasteiger partial charge in [0, 0.05) is 25.2 Å². The molecule has 2 atom stereocenters. The maximum Gasteiger partial charge on any atom is 0.307 e. The molecule has 2 rings (SSSR count). The van der Waals surface area contributed by atoms with Gasteiger partial charge in [-0.25, -0.2) is 8.42 Å². The number of piperidine rings is 1. The lowest BCUT2D eigenvalue weighted by Crippen LogP contribution is -2.47. The van der Waals surface area contributed by atoms with Crippen molar-refractivity contribution in [1.29, 1.82) is 0 Å². The van der Waals surface area contributed by atoms with Crippen molar-refractivity contribution in [2.45, 2.75) is 37.8 Å². The van der Waals surface area contributed by atoms with E-state index in [0.29, 0.717) is 18.4 Å². The second-order valence-electron chi connectivity index (χ2n) is 5.29. The number of carbonyl (C=O) groups is 1. The highest BCUT2D eigenvalue weighted by Gasteiger charge is 2.39. The van der Waals surface area contributed by atoms with Gasteiger partial charge in [-0.2, -0.15) is 9.40 Å². The fourth-order valence-electron chi connectivity index (χ4n) is 2.63. The summed E-state index contributed by atoms with van der Waals surface area (Å²) < 4.78 is 28.1. The van der Waals surface area contributed by atoms with E-state index in [-0.39, 0.29) is 17.6 Å². The number of rotatable bonds is 3. The molecule has 2 unspecified atom stereocenters. The number of hydrogen-bond donors (Lipinski definition) is 1. The quantitative estimate of drug-likeness (QED) is 0.882. The van der Waals surface area contributed by atoms with Crippen molar-refractivity contribution < 1.29 is 18.3 Å². The van der Waals surface area contributed by atoms with Crippen LogP contribution >= 0.6 is 0 Å². The third-order valence-corrected chi connectivity index (χ3v) is 5.98. The molecule has 7 nitrogen and oxygen atoms in total. The minimum atomic E-state index is -3.73. The Kier molecular flexibility index (Phi) is 3.88. The van der Waals surface area contributed by atoms with Crippen molar-refractivity contribution in [3.63, 3.8) is 0 Å². The number of nitrogens with zero attached hydrogens (tertiary/aromatic N) is 3. The number of sulfonamides is 1. The largest absolute Gasteiger partial charge is 0.481 e. The molecule has 0 aromatic carbocycles. The Balaban J connectivity index is 2.40. The minimum Gasteiger partial charge on any atom is -0.481 e. The number of hydrogen-bond acceptors (Lipinski definition) is 4. The highest BCUT2D eigenvalue weighted by molar-refractivity contribution is 7.89. The van der Waals surface area contributed by atoms with Gasteiger partial charge in [0.15, 0.2) is 5.03 Å². The third kappa shape index (κ3) is 2.45. The smallest absolute Gasteiger partial charge is 0.307 e. The second-order valence-corrected chi connectivity index (χ2v) is 7.10. The first kappa shape index (κ1) is 15.0. The SMILES string of the molecule is Cc1cnn(C)c1S(=O)(=O)N1CC(C(=O)O)CCC1C. The molecular weight excluding hydrogens is 282 g/mol. The van der Waals surface area contributed by atoms with Gasteiger partial charge in [0.25, 0.3) is 10.0 Å². The normalized spacial score (nSPS) is 24.8. The summed E-state index contributed by atoms with van der Waals surface area (Å²) in [7, 11) is -2.15. The zero-order valence-electron chi connectivity index (χ0n) is 11.8. The number of aryl methyl sites for hydroxylation is 2. The molecule has 112 valence electrons. The average molecular weight is 301 g/mol. The van der Waals surface area contributed by atoms with Gasteiger partial charge >= 0.3 is 5.97 Å². The Morgan fingerprint density at radius 3 is 2.60 bits per heavy atom. The molecule has 8 heteroatoms. The summed E-state index contributed by atoms with van der Waals surface area (Å²) in [6, 6.07) is -0.204. The predicted octanol–water partition coefficient (Wildman–Crippen LogP) is 0.602. The molecular formula is C12H19N3O4S. The van der Waals surface area contributed by atoms with Crippen molar-refractivity contribution in [3.8, 4) is 0 Å². The zero-order chi connectivity index (χ0) is 15.1. The van der Waals surface area contributed by atoms with E-state index in [1.54, 1.807) is 20.9 Å². The predicted molar refractivity (Wildman–Crippen MR) is 71.7 cm³/mol. The molecule has 20 heavy (non-hydrogen) atoms. The summed E-state index contributed by atoms with van der Waals surface area (Å²) in [6.45, 7) is 3.51. The van der Waals surface area contributed by atoms with Crippen LogP contribution in [-0.2, 0) is 21.9 Å². The van der Waals surface area contributed by atoms with Crippen LogP contribution in [0.2, 0.25) is 0 Å². The fourth-order valence-corrected chi connectivity index (χ4v) is 4.65. The zero-order valence-corrected chi connectivity index (χ0v) is 12.6. The summed E-state index contributed by atoms with van der Waals surface area (Å²) in [5.74, 6) is -1.59. The maximum absolute atomic E-state index is 12.7. The molecule has 1 fully saturated rings. The van der Waals surface area contributed by atoms with E-state index in [1.807, 2.05) is 0 Å². The van der Waals surface area contributed by atoms with Crippen LogP contribution in [0, 0.1) is 12.8 Å². The monoisotopic (exact) mass is 301 g/mol. The van der Waals surface area contributed by atoms with Gasteiger partial charge in [-0.3, -0.25) is 9.48 Å². The van der Waals surface area contributed by atoms with E-state index < -0.39 is 21.9 Å². The van der Waals surface area contributed by atoms with Crippen molar-refractivity contribution in [1.82, 2.24) is 14.1 Å². The van der Waals surface area contributed by atoms with Gasteiger partial charge in [-0.1, -0.05) is 0 Å². The van der Waals surface area contributed by atoms with Gasteiger partial charge in [-0.05, 0) is 26.7 Å². The summed E-state index contributed by atoms with van der Waals surface area (Å²) in [5, 5.41) is 13.2. The molecule has 0 spiro atoms. The molecule has 1 saturated heterocycles. The van der Waals surface area contributed by atoms with Crippen LogP contribution in [0.3, 0.4) is 0 Å². The van der Waals surface area contributed by atoms with Crippen molar-refractivity contribution in [3.05, 3.63) is 11.8 Å². The molecule has 1 N–H and O–H groups in total. The highest BCUT2D eigenvalue weighted by Crippen LogP contribution is 2.29. The van der Waals surface area contributed by atoms with Gasteiger partial charge in [0.2, 0.25) is 0 Å². The van der Waals surface area contributed by atoms with Crippen molar-refractivity contribution >= 4 is 16.0 Å². The molecule has 2 heterocycles. The van der Waals surface area contributed by atoms with Crippen LogP contribution in [0.25, 0.3) is 0 Å². The van der Waals surface area contributed by atoms with E-state index in [4.69, 9.17) is 5.11 Å². The maximum atomic E-state index is 12.7. The summed E-state index contributed by atoms with van der Waals surface area (Å²) in [6.07, 6.45) is 2.55. The Morgan fingerprint density at radius 1 is 1.45 bits per heavy atom. The van der Waals surface area contributed by atoms with Crippen LogP contribution in [0.5, 0.6) is 0 Å². The van der Waals surface area contributed by atoms with E-state index in [1.165, 1.54) is 15.2 Å². The first-order valence-corrected chi connectivity index (χ1v) is 7.92. The first-order valence-electron chi connectivity index (χ1n) is 6.48.